The first-order chi connectivity index (χ1) is 9.01. The van der Waals surface area contributed by atoms with Crippen molar-refractivity contribution in [2.24, 2.45) is 0 Å². The quantitative estimate of drug-likeness (QED) is 0.653. The van der Waals surface area contributed by atoms with Crippen molar-refractivity contribution in [1.29, 1.82) is 5.26 Å². The zero-order valence-electron chi connectivity index (χ0n) is 13.1. The lowest BCUT2D eigenvalue weighted by atomic mass is 9.91. The van der Waals surface area contributed by atoms with Gasteiger partial charge < -0.3 is 9.80 Å². The van der Waals surface area contributed by atoms with E-state index in [-0.39, 0.29) is 5.54 Å². The third-order valence-corrected chi connectivity index (χ3v) is 3.95. The van der Waals surface area contributed by atoms with E-state index in [0.29, 0.717) is 6.04 Å². The highest BCUT2D eigenvalue weighted by atomic mass is 15.1. The average Bonchev–Trinajstić information content (AvgIpc) is 3.19. The molecule has 0 saturated heterocycles. The Morgan fingerprint density at radius 3 is 2.37 bits per heavy atom. The summed E-state index contributed by atoms with van der Waals surface area (Å²) in [6.07, 6.45) is 5.44. The minimum atomic E-state index is -0.288. The van der Waals surface area contributed by atoms with E-state index in [9.17, 15) is 5.26 Å². The highest BCUT2D eigenvalue weighted by molar-refractivity contribution is 5.09. The largest absolute Gasteiger partial charge is 0.308 e. The van der Waals surface area contributed by atoms with Crippen LogP contribution in [-0.2, 0) is 0 Å². The minimum Gasteiger partial charge on any atom is -0.308 e. The lowest BCUT2D eigenvalue weighted by molar-refractivity contribution is 0.263. The molecule has 0 heterocycles. The molecule has 1 rings (SSSR count). The highest BCUT2D eigenvalue weighted by Gasteiger charge is 2.34. The van der Waals surface area contributed by atoms with Crippen molar-refractivity contribution in [2.45, 2.75) is 50.6 Å². The number of likely N-dealkylation sites (N-methyl/N-ethyl adjacent to an activating group) is 2. The Balaban J connectivity index is 2.25. The van der Waals surface area contributed by atoms with Crippen molar-refractivity contribution >= 4 is 0 Å². The molecule has 1 unspecified atom stereocenters. The van der Waals surface area contributed by atoms with Crippen LogP contribution in [0.1, 0.15) is 39.0 Å². The molecule has 1 saturated carbocycles. The molecule has 0 spiro atoms. The Kier molecular flexibility index (Phi) is 6.78. The van der Waals surface area contributed by atoms with Gasteiger partial charge in [-0.2, -0.15) is 5.26 Å². The summed E-state index contributed by atoms with van der Waals surface area (Å²) in [4.78, 5) is 4.56. The van der Waals surface area contributed by atoms with E-state index in [1.165, 1.54) is 12.8 Å². The topological polar surface area (TPSA) is 42.3 Å². The van der Waals surface area contributed by atoms with Gasteiger partial charge in [-0.15, -0.1) is 0 Å². The van der Waals surface area contributed by atoms with Gasteiger partial charge in [0.1, 0.15) is 5.54 Å². The lowest BCUT2D eigenvalue weighted by Crippen LogP contribution is -2.45. The maximum atomic E-state index is 9.46. The zero-order chi connectivity index (χ0) is 14.3. The second kappa shape index (κ2) is 7.84. The molecule has 4 heteroatoms. The molecule has 0 radical (unpaired) electrons. The van der Waals surface area contributed by atoms with Crippen LogP contribution in [0.25, 0.3) is 0 Å². The smallest absolute Gasteiger partial charge is 0.106 e. The summed E-state index contributed by atoms with van der Waals surface area (Å²) in [5.74, 6) is 0. The van der Waals surface area contributed by atoms with Gasteiger partial charge in [0.05, 0.1) is 6.07 Å². The standard InChI is InChI=1S/C15H30N4/c1-5-15(13-16,17-14-7-8-14)9-6-10-19(4)12-11-18(2)3/h14,17H,5-12H2,1-4H3. The van der Waals surface area contributed by atoms with Crippen LogP contribution in [-0.4, -0.2) is 62.2 Å². The van der Waals surface area contributed by atoms with Gasteiger partial charge in [-0.1, -0.05) is 6.92 Å². The van der Waals surface area contributed by atoms with Crippen LogP contribution in [0.15, 0.2) is 0 Å². The summed E-state index contributed by atoms with van der Waals surface area (Å²) in [5, 5.41) is 13.0. The molecular formula is C15H30N4. The fourth-order valence-corrected chi connectivity index (χ4v) is 2.27. The normalized spacial score (nSPS) is 18.6. The molecule has 0 aromatic rings. The third kappa shape index (κ3) is 6.38. The first-order valence-corrected chi connectivity index (χ1v) is 7.53. The number of rotatable bonds is 10. The van der Waals surface area contributed by atoms with Crippen LogP contribution >= 0.6 is 0 Å². The van der Waals surface area contributed by atoms with Gasteiger partial charge in [0, 0.05) is 19.1 Å². The van der Waals surface area contributed by atoms with Crippen LogP contribution in [0.3, 0.4) is 0 Å². The van der Waals surface area contributed by atoms with Crippen molar-refractivity contribution in [3.8, 4) is 6.07 Å². The maximum absolute atomic E-state index is 9.46. The van der Waals surface area contributed by atoms with Crippen molar-refractivity contribution in [3.05, 3.63) is 0 Å². The van der Waals surface area contributed by atoms with Crippen LogP contribution in [0.5, 0.6) is 0 Å². The number of hydrogen-bond acceptors (Lipinski definition) is 4. The van der Waals surface area contributed by atoms with E-state index in [1.54, 1.807) is 0 Å². The summed E-state index contributed by atoms with van der Waals surface area (Å²) in [6, 6.07) is 3.13. The molecule has 1 atom stereocenters. The van der Waals surface area contributed by atoms with E-state index >= 15 is 0 Å². The Labute approximate surface area is 118 Å². The molecule has 0 aliphatic heterocycles. The van der Waals surface area contributed by atoms with Gasteiger partial charge >= 0.3 is 0 Å². The minimum absolute atomic E-state index is 0.288. The second-order valence-electron chi connectivity index (χ2n) is 6.18. The first-order valence-electron chi connectivity index (χ1n) is 7.53. The van der Waals surface area contributed by atoms with E-state index in [4.69, 9.17) is 0 Å². The fraction of sp³-hybridized carbons (Fsp3) is 0.933. The molecule has 1 fully saturated rings. The third-order valence-electron chi connectivity index (χ3n) is 3.95. The molecule has 0 bridgehead atoms. The molecule has 0 amide bonds. The number of hydrogen-bond donors (Lipinski definition) is 1. The fourth-order valence-electron chi connectivity index (χ4n) is 2.27. The Morgan fingerprint density at radius 2 is 1.89 bits per heavy atom. The van der Waals surface area contributed by atoms with Crippen LogP contribution in [0.4, 0.5) is 0 Å². The average molecular weight is 266 g/mol. The summed E-state index contributed by atoms with van der Waals surface area (Å²) in [5.41, 5.74) is -0.288. The van der Waals surface area contributed by atoms with E-state index in [1.807, 2.05) is 0 Å². The Morgan fingerprint density at radius 1 is 1.21 bits per heavy atom. The molecule has 0 aromatic heterocycles. The van der Waals surface area contributed by atoms with E-state index in [0.717, 1.165) is 38.9 Å². The molecule has 1 aliphatic carbocycles. The van der Waals surface area contributed by atoms with E-state index < -0.39 is 0 Å². The van der Waals surface area contributed by atoms with Crippen molar-refractivity contribution < 1.29 is 0 Å². The maximum Gasteiger partial charge on any atom is 0.106 e. The SMILES string of the molecule is CCC(C#N)(CCCN(C)CCN(C)C)NC1CC1. The highest BCUT2D eigenvalue weighted by Crippen LogP contribution is 2.26. The second-order valence-corrected chi connectivity index (χ2v) is 6.18. The predicted molar refractivity (Wildman–Crippen MR) is 80.1 cm³/mol. The molecule has 4 nitrogen and oxygen atoms in total. The number of nitrogens with zero attached hydrogens (tertiary/aromatic N) is 3. The lowest BCUT2D eigenvalue weighted by Gasteiger charge is -2.28. The van der Waals surface area contributed by atoms with Crippen molar-refractivity contribution in [2.75, 3.05) is 40.8 Å². The van der Waals surface area contributed by atoms with E-state index in [2.05, 4.69) is 49.3 Å². The van der Waals surface area contributed by atoms with Crippen molar-refractivity contribution in [3.63, 3.8) is 0 Å². The zero-order valence-corrected chi connectivity index (χ0v) is 13.1. The van der Waals surface area contributed by atoms with Crippen molar-refractivity contribution in [1.82, 2.24) is 15.1 Å². The molecule has 1 aliphatic rings. The summed E-state index contributed by atoms with van der Waals surface area (Å²) < 4.78 is 0. The molecule has 19 heavy (non-hydrogen) atoms. The van der Waals surface area contributed by atoms with Crippen LogP contribution < -0.4 is 5.32 Å². The number of nitrogens with one attached hydrogen (secondary N) is 1. The van der Waals surface area contributed by atoms with Gasteiger partial charge in [0.15, 0.2) is 0 Å². The molecule has 0 aromatic carbocycles. The predicted octanol–water partition coefficient (Wildman–Crippen LogP) is 1.68. The monoisotopic (exact) mass is 266 g/mol. The van der Waals surface area contributed by atoms with Gasteiger partial charge in [-0.25, -0.2) is 0 Å². The van der Waals surface area contributed by atoms with Crippen LogP contribution in [0, 0.1) is 11.3 Å². The van der Waals surface area contributed by atoms with Gasteiger partial charge in [-0.3, -0.25) is 5.32 Å². The van der Waals surface area contributed by atoms with Gasteiger partial charge in [0.2, 0.25) is 0 Å². The Bertz CT molecular complexity index is 293. The first kappa shape index (κ1) is 16.4. The van der Waals surface area contributed by atoms with Gasteiger partial charge in [-0.05, 0) is 59.8 Å². The Hall–Kier alpha value is -0.630. The van der Waals surface area contributed by atoms with Crippen LogP contribution in [0.2, 0.25) is 0 Å². The molecule has 110 valence electrons. The van der Waals surface area contributed by atoms with Gasteiger partial charge in [0.25, 0.3) is 0 Å². The molecular weight excluding hydrogens is 236 g/mol. The summed E-state index contributed by atoms with van der Waals surface area (Å²) in [7, 11) is 6.37. The molecule has 1 N–H and O–H groups in total. The number of nitriles is 1. The summed E-state index contributed by atoms with van der Waals surface area (Å²) in [6.45, 7) is 5.38. The summed E-state index contributed by atoms with van der Waals surface area (Å²) >= 11 is 0.